The molecule has 0 unspecified atom stereocenters. The normalized spacial score (nSPS) is 11.4. The van der Waals surface area contributed by atoms with Gasteiger partial charge in [-0.1, -0.05) is 11.4 Å². The fourth-order valence-electron chi connectivity index (χ4n) is 0.923. The van der Waals surface area contributed by atoms with Gasteiger partial charge >= 0.3 is 5.97 Å². The van der Waals surface area contributed by atoms with Gasteiger partial charge in [0.25, 0.3) is 0 Å². The average Bonchev–Trinajstić information content (AvgIpc) is 2.47. The summed E-state index contributed by atoms with van der Waals surface area (Å²) in [7, 11) is 0. The van der Waals surface area contributed by atoms with Gasteiger partial charge in [-0.3, -0.25) is 0 Å². The summed E-state index contributed by atoms with van der Waals surface area (Å²) >= 11 is 1.24. The van der Waals surface area contributed by atoms with E-state index in [0.29, 0.717) is 5.69 Å². The van der Waals surface area contributed by atoms with E-state index in [1.807, 2.05) is 27.7 Å². The van der Waals surface area contributed by atoms with Crippen LogP contribution in [0.15, 0.2) is 0 Å². The van der Waals surface area contributed by atoms with Crippen LogP contribution in [0.25, 0.3) is 0 Å². The first kappa shape index (κ1) is 11.1. The lowest BCUT2D eigenvalue weighted by atomic mass is 10.2. The third-order valence-corrected chi connectivity index (χ3v) is 2.34. The van der Waals surface area contributed by atoms with Crippen molar-refractivity contribution >= 4 is 17.5 Å². The van der Waals surface area contributed by atoms with Crippen molar-refractivity contribution in [1.82, 2.24) is 9.59 Å². The van der Waals surface area contributed by atoms with E-state index >= 15 is 0 Å². The molecular weight excluding hydrogens is 200 g/mol. The van der Waals surface area contributed by atoms with E-state index in [1.165, 1.54) is 11.5 Å². The Morgan fingerprint density at radius 2 is 2.14 bits per heavy atom. The van der Waals surface area contributed by atoms with E-state index in [0.717, 1.165) is 11.3 Å². The fraction of sp³-hybridized carbons (Fsp3) is 0.667. The molecule has 0 aliphatic rings. The Balaban J connectivity index is 2.80. The summed E-state index contributed by atoms with van der Waals surface area (Å²) in [5.74, 6) is -0.386. The average molecular weight is 214 g/mol. The summed E-state index contributed by atoms with van der Waals surface area (Å²) in [4.78, 5) is 12.5. The predicted molar refractivity (Wildman–Crippen MR) is 54.5 cm³/mol. The third-order valence-electron chi connectivity index (χ3n) is 1.47. The smallest absolute Gasteiger partial charge is 0.360 e. The molecule has 1 rings (SSSR count). The molecule has 0 aromatic carbocycles. The molecular formula is C9H14N2O2S. The van der Waals surface area contributed by atoms with Crippen molar-refractivity contribution < 1.29 is 9.53 Å². The van der Waals surface area contributed by atoms with E-state index in [1.54, 1.807) is 0 Å². The minimum absolute atomic E-state index is 0.354. The van der Waals surface area contributed by atoms with Gasteiger partial charge in [0.15, 0.2) is 5.69 Å². The number of rotatable bonds is 2. The second kappa shape index (κ2) is 4.04. The number of carbonyl (C=O) groups is 1. The number of ether oxygens (including phenoxy) is 1. The second-order valence-corrected chi connectivity index (χ2v) is 4.74. The number of aromatic nitrogens is 2. The van der Waals surface area contributed by atoms with Crippen LogP contribution in [-0.2, 0) is 11.2 Å². The van der Waals surface area contributed by atoms with Gasteiger partial charge in [-0.2, -0.15) is 0 Å². The minimum atomic E-state index is -0.480. The van der Waals surface area contributed by atoms with E-state index in [4.69, 9.17) is 4.74 Å². The largest absolute Gasteiger partial charge is 0.455 e. The van der Waals surface area contributed by atoms with Crippen LogP contribution in [0.3, 0.4) is 0 Å². The molecule has 78 valence electrons. The van der Waals surface area contributed by atoms with Crippen molar-refractivity contribution in [3.05, 3.63) is 10.6 Å². The first-order valence-corrected chi connectivity index (χ1v) is 5.26. The highest BCUT2D eigenvalue weighted by atomic mass is 32.1. The van der Waals surface area contributed by atoms with Crippen LogP contribution < -0.4 is 0 Å². The Morgan fingerprint density at radius 3 is 2.64 bits per heavy atom. The zero-order valence-electron chi connectivity index (χ0n) is 8.83. The lowest BCUT2D eigenvalue weighted by molar-refractivity contribution is 0.00618. The molecule has 0 saturated carbocycles. The summed E-state index contributed by atoms with van der Waals surface area (Å²) in [6.45, 7) is 7.45. The maximum absolute atomic E-state index is 11.6. The van der Waals surface area contributed by atoms with Crippen LogP contribution in [0.4, 0.5) is 0 Å². The number of hydrogen-bond acceptors (Lipinski definition) is 5. The molecule has 0 aliphatic carbocycles. The Hall–Kier alpha value is -0.970. The first-order valence-electron chi connectivity index (χ1n) is 4.48. The Kier molecular flexibility index (Phi) is 3.21. The zero-order valence-corrected chi connectivity index (χ0v) is 9.64. The van der Waals surface area contributed by atoms with Gasteiger partial charge in [0.1, 0.15) is 5.60 Å². The van der Waals surface area contributed by atoms with Gasteiger partial charge in [-0.15, -0.1) is 5.10 Å². The summed E-state index contributed by atoms with van der Waals surface area (Å²) in [5.41, 5.74) is -0.126. The van der Waals surface area contributed by atoms with Crippen LogP contribution in [0, 0.1) is 0 Å². The molecule has 14 heavy (non-hydrogen) atoms. The summed E-state index contributed by atoms with van der Waals surface area (Å²) in [6, 6.07) is 0. The molecule has 4 nitrogen and oxygen atoms in total. The van der Waals surface area contributed by atoms with Crippen molar-refractivity contribution in [3.8, 4) is 0 Å². The molecule has 0 N–H and O–H groups in total. The molecule has 0 spiro atoms. The van der Waals surface area contributed by atoms with Crippen LogP contribution in [0.1, 0.15) is 43.1 Å². The van der Waals surface area contributed by atoms with Gasteiger partial charge in [0.05, 0.1) is 4.88 Å². The minimum Gasteiger partial charge on any atom is -0.455 e. The molecule has 5 heteroatoms. The number of nitrogens with zero attached hydrogens (tertiary/aromatic N) is 2. The van der Waals surface area contributed by atoms with E-state index in [2.05, 4.69) is 9.59 Å². The molecule has 0 aliphatic heterocycles. The Morgan fingerprint density at radius 1 is 1.50 bits per heavy atom. The van der Waals surface area contributed by atoms with Gasteiger partial charge < -0.3 is 4.74 Å². The van der Waals surface area contributed by atoms with Crippen molar-refractivity contribution in [2.45, 2.75) is 39.7 Å². The quantitative estimate of drug-likeness (QED) is 0.707. The van der Waals surface area contributed by atoms with Gasteiger partial charge in [0.2, 0.25) is 0 Å². The highest BCUT2D eigenvalue weighted by Crippen LogP contribution is 2.16. The molecule has 0 radical (unpaired) electrons. The summed E-state index contributed by atoms with van der Waals surface area (Å²) < 4.78 is 8.92. The molecule has 0 atom stereocenters. The Labute approximate surface area is 87.5 Å². The maximum Gasteiger partial charge on any atom is 0.360 e. The monoisotopic (exact) mass is 214 g/mol. The molecule has 1 heterocycles. The molecule has 0 bridgehead atoms. The van der Waals surface area contributed by atoms with Crippen molar-refractivity contribution in [1.29, 1.82) is 0 Å². The van der Waals surface area contributed by atoms with Crippen molar-refractivity contribution in [2.24, 2.45) is 0 Å². The van der Waals surface area contributed by atoms with Crippen LogP contribution >= 0.6 is 11.5 Å². The number of aryl methyl sites for hydroxylation is 1. The third kappa shape index (κ3) is 2.77. The number of carbonyl (C=O) groups excluding carboxylic acids is 1. The van der Waals surface area contributed by atoms with Crippen molar-refractivity contribution in [3.63, 3.8) is 0 Å². The molecule has 1 aromatic rings. The standard InChI is InChI=1S/C9H14N2O2S/c1-5-6-7(10-11-14-6)8(12)13-9(2,3)4/h5H2,1-4H3. The number of hydrogen-bond donors (Lipinski definition) is 0. The Bertz CT molecular complexity index is 328. The van der Waals surface area contributed by atoms with Crippen molar-refractivity contribution in [2.75, 3.05) is 0 Å². The molecule has 0 amide bonds. The topological polar surface area (TPSA) is 52.1 Å². The lowest BCUT2D eigenvalue weighted by Crippen LogP contribution is -2.24. The second-order valence-electron chi connectivity index (χ2n) is 3.90. The van der Waals surface area contributed by atoms with Crippen LogP contribution in [0.5, 0.6) is 0 Å². The SMILES string of the molecule is CCc1snnc1C(=O)OC(C)(C)C. The van der Waals surface area contributed by atoms with Gasteiger partial charge in [-0.05, 0) is 38.7 Å². The van der Waals surface area contributed by atoms with Gasteiger partial charge in [0, 0.05) is 0 Å². The van der Waals surface area contributed by atoms with Gasteiger partial charge in [-0.25, -0.2) is 4.79 Å². The van der Waals surface area contributed by atoms with Crippen LogP contribution in [-0.4, -0.2) is 21.2 Å². The van der Waals surface area contributed by atoms with Crippen LogP contribution in [0.2, 0.25) is 0 Å². The summed E-state index contributed by atoms with van der Waals surface area (Å²) in [5, 5.41) is 3.77. The maximum atomic E-state index is 11.6. The fourth-order valence-corrected chi connectivity index (χ4v) is 1.48. The van der Waals surface area contributed by atoms with E-state index < -0.39 is 5.60 Å². The number of esters is 1. The zero-order chi connectivity index (χ0) is 10.8. The first-order chi connectivity index (χ1) is 6.44. The molecule has 1 aromatic heterocycles. The molecule has 0 saturated heterocycles. The summed E-state index contributed by atoms with van der Waals surface area (Å²) in [6.07, 6.45) is 0.756. The lowest BCUT2D eigenvalue weighted by Gasteiger charge is -2.18. The predicted octanol–water partition coefficient (Wildman–Crippen LogP) is 2.06. The van der Waals surface area contributed by atoms with E-state index in [9.17, 15) is 4.79 Å². The highest BCUT2D eigenvalue weighted by Gasteiger charge is 2.22. The van der Waals surface area contributed by atoms with E-state index in [-0.39, 0.29) is 5.97 Å². The highest BCUT2D eigenvalue weighted by molar-refractivity contribution is 7.05. The molecule has 0 fully saturated rings.